The Hall–Kier alpha value is -0.920. The molecule has 0 unspecified atom stereocenters. The van der Waals surface area contributed by atoms with Crippen LogP contribution in [0.25, 0.3) is 0 Å². The van der Waals surface area contributed by atoms with E-state index >= 15 is 0 Å². The number of rotatable bonds is 7. The van der Waals surface area contributed by atoms with Gasteiger partial charge in [0.2, 0.25) is 0 Å². The van der Waals surface area contributed by atoms with Crippen LogP contribution >= 0.6 is 11.3 Å². The van der Waals surface area contributed by atoms with Gasteiger partial charge in [0.25, 0.3) is 0 Å². The summed E-state index contributed by atoms with van der Waals surface area (Å²) >= 11 is 1.70. The Bertz CT molecular complexity index is 314. The molecule has 15 heavy (non-hydrogen) atoms. The SMILES string of the molecule is Cc1nc(CCNCCCCC#N)cs1. The highest BCUT2D eigenvalue weighted by Crippen LogP contribution is 2.07. The molecule has 0 fully saturated rings. The van der Waals surface area contributed by atoms with Gasteiger partial charge in [-0.2, -0.15) is 5.26 Å². The second-order valence-corrected chi connectivity index (χ2v) is 4.54. The molecule has 1 aromatic heterocycles. The maximum atomic E-state index is 8.34. The zero-order valence-corrected chi connectivity index (χ0v) is 9.94. The summed E-state index contributed by atoms with van der Waals surface area (Å²) in [4.78, 5) is 4.39. The highest BCUT2D eigenvalue weighted by molar-refractivity contribution is 7.09. The largest absolute Gasteiger partial charge is 0.316 e. The molecule has 0 amide bonds. The van der Waals surface area contributed by atoms with E-state index in [2.05, 4.69) is 21.8 Å². The molecule has 1 aromatic rings. The second-order valence-electron chi connectivity index (χ2n) is 3.47. The first-order chi connectivity index (χ1) is 7.33. The number of thiazole rings is 1. The van der Waals surface area contributed by atoms with Crippen LogP contribution < -0.4 is 5.32 Å². The Balaban J connectivity index is 1.96. The van der Waals surface area contributed by atoms with Crippen molar-refractivity contribution in [2.75, 3.05) is 13.1 Å². The minimum atomic E-state index is 0.674. The number of nitrogens with one attached hydrogen (secondary N) is 1. The fourth-order valence-electron chi connectivity index (χ4n) is 1.32. The Morgan fingerprint density at radius 3 is 3.00 bits per heavy atom. The predicted molar refractivity (Wildman–Crippen MR) is 62.9 cm³/mol. The Kier molecular flexibility index (Phi) is 5.98. The zero-order chi connectivity index (χ0) is 10.9. The molecule has 0 saturated heterocycles. The van der Waals surface area contributed by atoms with Crippen LogP contribution in [0.1, 0.15) is 30.0 Å². The standard InChI is InChI=1S/C11H17N3S/c1-10-14-11(9-15-10)5-8-13-7-4-2-3-6-12/h9,13H,2-5,7-8H2,1H3. The van der Waals surface area contributed by atoms with E-state index in [1.807, 2.05) is 6.92 Å². The molecule has 0 spiro atoms. The minimum Gasteiger partial charge on any atom is -0.316 e. The van der Waals surface area contributed by atoms with Crippen LogP contribution in [-0.4, -0.2) is 18.1 Å². The topological polar surface area (TPSA) is 48.7 Å². The molecule has 1 heterocycles. The quantitative estimate of drug-likeness (QED) is 0.721. The van der Waals surface area contributed by atoms with E-state index in [-0.39, 0.29) is 0 Å². The lowest BCUT2D eigenvalue weighted by molar-refractivity contribution is 0.625. The number of hydrogen-bond donors (Lipinski definition) is 1. The van der Waals surface area contributed by atoms with Crippen molar-refractivity contribution in [3.8, 4) is 6.07 Å². The molecule has 0 radical (unpaired) electrons. The van der Waals surface area contributed by atoms with E-state index in [9.17, 15) is 0 Å². The summed E-state index contributed by atoms with van der Waals surface area (Å²) in [5.74, 6) is 0. The van der Waals surface area contributed by atoms with Crippen LogP contribution in [0.4, 0.5) is 0 Å². The fourth-order valence-corrected chi connectivity index (χ4v) is 1.97. The molecule has 1 N–H and O–H groups in total. The average molecular weight is 223 g/mol. The summed E-state index contributed by atoms with van der Waals surface area (Å²) in [7, 11) is 0. The van der Waals surface area contributed by atoms with Gasteiger partial charge >= 0.3 is 0 Å². The summed E-state index contributed by atoms with van der Waals surface area (Å²) < 4.78 is 0. The monoisotopic (exact) mass is 223 g/mol. The van der Waals surface area contributed by atoms with Crippen molar-refractivity contribution in [1.82, 2.24) is 10.3 Å². The van der Waals surface area contributed by atoms with E-state index in [1.165, 1.54) is 5.69 Å². The second kappa shape index (κ2) is 7.38. The first-order valence-electron chi connectivity index (χ1n) is 5.31. The molecule has 0 saturated carbocycles. The van der Waals surface area contributed by atoms with Crippen LogP contribution in [0, 0.1) is 18.3 Å². The molecular weight excluding hydrogens is 206 g/mol. The first kappa shape index (κ1) is 12.2. The van der Waals surface area contributed by atoms with Crippen molar-refractivity contribution < 1.29 is 0 Å². The molecule has 82 valence electrons. The summed E-state index contributed by atoms with van der Waals surface area (Å²) in [5.41, 5.74) is 1.18. The molecule has 0 atom stereocenters. The molecule has 3 nitrogen and oxygen atoms in total. The van der Waals surface area contributed by atoms with Gasteiger partial charge in [0, 0.05) is 24.8 Å². The van der Waals surface area contributed by atoms with Gasteiger partial charge in [-0.3, -0.25) is 0 Å². The molecule has 0 aliphatic heterocycles. The van der Waals surface area contributed by atoms with Crippen LogP contribution in [-0.2, 0) is 6.42 Å². The number of nitrogens with zero attached hydrogens (tertiary/aromatic N) is 2. The van der Waals surface area contributed by atoms with Crippen LogP contribution in [0.5, 0.6) is 0 Å². The lowest BCUT2D eigenvalue weighted by Gasteiger charge is -2.01. The molecular formula is C11H17N3S. The maximum absolute atomic E-state index is 8.34. The minimum absolute atomic E-state index is 0.674. The maximum Gasteiger partial charge on any atom is 0.0897 e. The lowest BCUT2D eigenvalue weighted by atomic mass is 10.2. The van der Waals surface area contributed by atoms with Crippen molar-refractivity contribution in [2.45, 2.75) is 32.6 Å². The normalized spacial score (nSPS) is 10.1. The van der Waals surface area contributed by atoms with Gasteiger partial charge in [-0.15, -0.1) is 11.3 Å². The lowest BCUT2D eigenvalue weighted by Crippen LogP contribution is -2.18. The third-order valence-corrected chi connectivity index (χ3v) is 2.94. The molecule has 1 rings (SSSR count). The fraction of sp³-hybridized carbons (Fsp3) is 0.636. The van der Waals surface area contributed by atoms with E-state index in [0.717, 1.165) is 37.4 Å². The molecule has 4 heteroatoms. The van der Waals surface area contributed by atoms with Crippen molar-refractivity contribution >= 4 is 11.3 Å². The van der Waals surface area contributed by atoms with Crippen molar-refractivity contribution in [2.24, 2.45) is 0 Å². The molecule has 0 aliphatic carbocycles. The summed E-state index contributed by atoms with van der Waals surface area (Å²) in [6.07, 6.45) is 3.76. The van der Waals surface area contributed by atoms with Crippen LogP contribution in [0.3, 0.4) is 0 Å². The summed E-state index contributed by atoms with van der Waals surface area (Å²) in [6, 6.07) is 2.15. The number of nitriles is 1. The number of aryl methyl sites for hydroxylation is 1. The van der Waals surface area contributed by atoms with Gasteiger partial charge in [0.1, 0.15) is 0 Å². The summed E-state index contributed by atoms with van der Waals surface area (Å²) in [5, 5.41) is 15.0. The Morgan fingerprint density at radius 2 is 2.33 bits per heavy atom. The molecule has 0 aliphatic rings. The average Bonchev–Trinajstić information content (AvgIpc) is 2.63. The van der Waals surface area contributed by atoms with Gasteiger partial charge in [0.05, 0.1) is 16.8 Å². The Morgan fingerprint density at radius 1 is 1.47 bits per heavy atom. The predicted octanol–water partition coefficient (Wildman–Crippen LogP) is 2.28. The van der Waals surface area contributed by atoms with E-state index in [1.54, 1.807) is 11.3 Å². The highest BCUT2D eigenvalue weighted by Gasteiger charge is 1.97. The van der Waals surface area contributed by atoms with Crippen LogP contribution in [0.2, 0.25) is 0 Å². The molecule has 0 bridgehead atoms. The van der Waals surface area contributed by atoms with Gasteiger partial charge in [0.15, 0.2) is 0 Å². The van der Waals surface area contributed by atoms with E-state index in [4.69, 9.17) is 5.26 Å². The number of aromatic nitrogens is 1. The smallest absolute Gasteiger partial charge is 0.0897 e. The highest BCUT2D eigenvalue weighted by atomic mass is 32.1. The van der Waals surface area contributed by atoms with Gasteiger partial charge in [-0.25, -0.2) is 4.98 Å². The van der Waals surface area contributed by atoms with E-state index < -0.39 is 0 Å². The third-order valence-electron chi connectivity index (χ3n) is 2.12. The van der Waals surface area contributed by atoms with E-state index in [0.29, 0.717) is 6.42 Å². The zero-order valence-electron chi connectivity index (χ0n) is 9.12. The van der Waals surface area contributed by atoms with Crippen LogP contribution in [0.15, 0.2) is 5.38 Å². The van der Waals surface area contributed by atoms with Crippen molar-refractivity contribution in [3.63, 3.8) is 0 Å². The van der Waals surface area contributed by atoms with Crippen molar-refractivity contribution in [3.05, 3.63) is 16.1 Å². The van der Waals surface area contributed by atoms with Gasteiger partial charge in [-0.05, 0) is 26.3 Å². The summed E-state index contributed by atoms with van der Waals surface area (Å²) in [6.45, 7) is 4.02. The Labute approximate surface area is 95.2 Å². The number of hydrogen-bond acceptors (Lipinski definition) is 4. The molecule has 0 aromatic carbocycles. The van der Waals surface area contributed by atoms with Crippen molar-refractivity contribution in [1.29, 1.82) is 5.26 Å². The first-order valence-corrected chi connectivity index (χ1v) is 6.19. The third kappa shape index (κ3) is 5.50. The van der Waals surface area contributed by atoms with Gasteiger partial charge in [-0.1, -0.05) is 0 Å². The van der Waals surface area contributed by atoms with Gasteiger partial charge < -0.3 is 5.32 Å². The number of unbranched alkanes of at least 4 members (excludes halogenated alkanes) is 2.